The molecular formula is C18H30N2O3. The van der Waals surface area contributed by atoms with E-state index < -0.39 is 6.04 Å². The van der Waals surface area contributed by atoms with Gasteiger partial charge in [-0.1, -0.05) is 33.3 Å². The maximum atomic E-state index is 12.1. The number of methoxy groups -OCH3 is 1. The minimum atomic E-state index is -0.504. The number of amides is 1. The summed E-state index contributed by atoms with van der Waals surface area (Å²) in [6, 6.07) is 5.07. The lowest BCUT2D eigenvalue weighted by molar-refractivity contribution is -0.123. The van der Waals surface area contributed by atoms with Crippen molar-refractivity contribution in [3.8, 4) is 11.5 Å². The lowest BCUT2D eigenvalue weighted by Crippen LogP contribution is -2.44. The van der Waals surface area contributed by atoms with Crippen molar-refractivity contribution in [2.75, 3.05) is 13.7 Å². The SMILES string of the molecule is CCCCOc1ccc(C(C)NC(=O)[C@@H](N)C(C)C)cc1OC. The molecule has 0 fully saturated rings. The van der Waals surface area contributed by atoms with Crippen LogP contribution < -0.4 is 20.5 Å². The number of nitrogens with two attached hydrogens (primary N) is 1. The first-order chi connectivity index (χ1) is 10.9. The number of carbonyl (C=O) groups is 1. The lowest BCUT2D eigenvalue weighted by atomic mass is 10.0. The predicted molar refractivity (Wildman–Crippen MR) is 92.8 cm³/mol. The molecule has 0 radical (unpaired) electrons. The number of rotatable bonds is 9. The highest BCUT2D eigenvalue weighted by Crippen LogP contribution is 2.30. The normalized spacial score (nSPS) is 13.5. The van der Waals surface area contributed by atoms with Crippen LogP contribution in [0.1, 0.15) is 52.1 Å². The van der Waals surface area contributed by atoms with Crippen molar-refractivity contribution in [3.05, 3.63) is 23.8 Å². The van der Waals surface area contributed by atoms with Crippen molar-refractivity contribution in [3.63, 3.8) is 0 Å². The summed E-state index contributed by atoms with van der Waals surface area (Å²) in [6.07, 6.45) is 2.09. The van der Waals surface area contributed by atoms with Crippen LogP contribution in [0, 0.1) is 5.92 Å². The van der Waals surface area contributed by atoms with Crippen molar-refractivity contribution < 1.29 is 14.3 Å². The fraction of sp³-hybridized carbons (Fsp3) is 0.611. The van der Waals surface area contributed by atoms with Crippen LogP contribution in [0.4, 0.5) is 0 Å². The van der Waals surface area contributed by atoms with Crippen molar-refractivity contribution in [1.29, 1.82) is 0 Å². The number of nitrogens with one attached hydrogen (secondary N) is 1. The zero-order chi connectivity index (χ0) is 17.4. The zero-order valence-corrected chi connectivity index (χ0v) is 14.9. The Hall–Kier alpha value is -1.75. The number of hydrogen-bond acceptors (Lipinski definition) is 4. The topological polar surface area (TPSA) is 73.6 Å². The van der Waals surface area contributed by atoms with E-state index in [9.17, 15) is 4.79 Å². The molecule has 1 aromatic rings. The van der Waals surface area contributed by atoms with Gasteiger partial charge in [0.1, 0.15) is 0 Å². The Bertz CT molecular complexity index is 503. The predicted octanol–water partition coefficient (Wildman–Crippen LogP) is 3.03. The molecule has 0 aliphatic heterocycles. The molecule has 1 unspecified atom stereocenters. The maximum absolute atomic E-state index is 12.1. The smallest absolute Gasteiger partial charge is 0.237 e. The van der Waals surface area contributed by atoms with Crippen molar-refractivity contribution in [1.82, 2.24) is 5.32 Å². The Labute approximate surface area is 139 Å². The second-order valence-corrected chi connectivity index (χ2v) is 6.11. The van der Waals surface area contributed by atoms with Crippen LogP contribution in [0.5, 0.6) is 11.5 Å². The molecule has 0 heterocycles. The van der Waals surface area contributed by atoms with Gasteiger partial charge in [-0.15, -0.1) is 0 Å². The third-order valence-corrected chi connectivity index (χ3v) is 3.82. The highest BCUT2D eigenvalue weighted by Gasteiger charge is 2.20. The third kappa shape index (κ3) is 5.75. The van der Waals surface area contributed by atoms with Gasteiger partial charge < -0.3 is 20.5 Å². The van der Waals surface area contributed by atoms with E-state index in [-0.39, 0.29) is 17.9 Å². The molecule has 0 spiro atoms. The molecule has 5 nitrogen and oxygen atoms in total. The first-order valence-corrected chi connectivity index (χ1v) is 8.27. The number of ether oxygens (including phenoxy) is 2. The Morgan fingerprint density at radius 3 is 2.52 bits per heavy atom. The summed E-state index contributed by atoms with van der Waals surface area (Å²) in [5.41, 5.74) is 6.83. The van der Waals surface area contributed by atoms with E-state index in [0.29, 0.717) is 12.4 Å². The molecule has 0 aliphatic rings. The minimum Gasteiger partial charge on any atom is -0.493 e. The first-order valence-electron chi connectivity index (χ1n) is 8.27. The summed E-state index contributed by atoms with van der Waals surface area (Å²) in [7, 11) is 1.61. The van der Waals surface area contributed by atoms with Crippen LogP contribution >= 0.6 is 0 Å². The highest BCUT2D eigenvalue weighted by molar-refractivity contribution is 5.82. The molecule has 1 aromatic carbocycles. The van der Waals surface area contributed by atoms with E-state index in [0.717, 1.165) is 24.2 Å². The third-order valence-electron chi connectivity index (χ3n) is 3.82. The molecular weight excluding hydrogens is 292 g/mol. The molecule has 0 aromatic heterocycles. The summed E-state index contributed by atoms with van der Waals surface area (Å²) in [4.78, 5) is 12.1. The molecule has 5 heteroatoms. The maximum Gasteiger partial charge on any atom is 0.237 e. The van der Waals surface area contributed by atoms with Gasteiger partial charge in [-0.3, -0.25) is 4.79 Å². The standard InChI is InChI=1S/C18H30N2O3/c1-6-7-10-23-15-9-8-14(11-16(15)22-5)13(4)20-18(21)17(19)12(2)3/h8-9,11-13,17H,6-7,10,19H2,1-5H3,(H,20,21)/t13?,17-/m0/s1. The average Bonchev–Trinajstić information content (AvgIpc) is 2.54. The first kappa shape index (κ1) is 19.3. The van der Waals surface area contributed by atoms with Gasteiger partial charge in [0.2, 0.25) is 5.91 Å². The number of benzene rings is 1. The fourth-order valence-corrected chi connectivity index (χ4v) is 2.09. The molecule has 0 saturated carbocycles. The molecule has 130 valence electrons. The largest absolute Gasteiger partial charge is 0.493 e. The number of unbranched alkanes of at least 4 members (excludes halogenated alkanes) is 1. The van der Waals surface area contributed by atoms with Crippen molar-refractivity contribution in [2.45, 2.75) is 52.6 Å². The Morgan fingerprint density at radius 2 is 1.96 bits per heavy atom. The van der Waals surface area contributed by atoms with E-state index in [4.69, 9.17) is 15.2 Å². The Kier molecular flexibility index (Phi) is 7.89. The minimum absolute atomic E-state index is 0.103. The van der Waals surface area contributed by atoms with Crippen molar-refractivity contribution >= 4 is 5.91 Å². The van der Waals surface area contributed by atoms with E-state index in [2.05, 4.69) is 12.2 Å². The van der Waals surface area contributed by atoms with Gasteiger partial charge in [-0.05, 0) is 37.0 Å². The summed E-state index contributed by atoms with van der Waals surface area (Å²) in [5.74, 6) is 1.36. The van der Waals surface area contributed by atoms with Gasteiger partial charge in [0, 0.05) is 0 Å². The molecule has 3 N–H and O–H groups in total. The molecule has 0 aliphatic carbocycles. The van der Waals surface area contributed by atoms with Crippen LogP contribution in [-0.4, -0.2) is 25.7 Å². The van der Waals surface area contributed by atoms with Gasteiger partial charge in [-0.2, -0.15) is 0 Å². The monoisotopic (exact) mass is 322 g/mol. The van der Waals surface area contributed by atoms with Gasteiger partial charge in [0.25, 0.3) is 0 Å². The van der Waals surface area contributed by atoms with Gasteiger partial charge >= 0.3 is 0 Å². The van der Waals surface area contributed by atoms with Crippen LogP contribution in [-0.2, 0) is 4.79 Å². The van der Waals surface area contributed by atoms with Gasteiger partial charge in [0.15, 0.2) is 11.5 Å². The summed E-state index contributed by atoms with van der Waals surface area (Å²) in [5, 5.41) is 2.94. The molecule has 0 saturated heterocycles. The average molecular weight is 322 g/mol. The van der Waals surface area contributed by atoms with Crippen LogP contribution in [0.2, 0.25) is 0 Å². The summed E-state index contributed by atoms with van der Waals surface area (Å²) >= 11 is 0. The fourth-order valence-electron chi connectivity index (χ4n) is 2.09. The van der Waals surface area contributed by atoms with E-state index in [1.54, 1.807) is 7.11 Å². The second kappa shape index (κ2) is 9.40. The molecule has 1 amide bonds. The Balaban J connectivity index is 2.78. The summed E-state index contributed by atoms with van der Waals surface area (Å²) in [6.45, 7) is 8.58. The molecule has 2 atom stereocenters. The second-order valence-electron chi connectivity index (χ2n) is 6.11. The van der Waals surface area contributed by atoms with Crippen LogP contribution in [0.3, 0.4) is 0 Å². The number of hydrogen-bond donors (Lipinski definition) is 2. The zero-order valence-electron chi connectivity index (χ0n) is 14.9. The highest BCUT2D eigenvalue weighted by atomic mass is 16.5. The van der Waals surface area contributed by atoms with E-state index in [1.165, 1.54) is 0 Å². The molecule has 23 heavy (non-hydrogen) atoms. The lowest BCUT2D eigenvalue weighted by Gasteiger charge is -2.21. The van der Waals surface area contributed by atoms with Gasteiger partial charge in [0.05, 0.1) is 25.8 Å². The number of carbonyl (C=O) groups excluding carboxylic acids is 1. The van der Waals surface area contributed by atoms with Crippen LogP contribution in [0.25, 0.3) is 0 Å². The summed E-state index contributed by atoms with van der Waals surface area (Å²) < 4.78 is 11.1. The molecule has 0 bridgehead atoms. The van der Waals surface area contributed by atoms with E-state index in [1.807, 2.05) is 39.0 Å². The van der Waals surface area contributed by atoms with Crippen LogP contribution in [0.15, 0.2) is 18.2 Å². The quantitative estimate of drug-likeness (QED) is 0.685. The van der Waals surface area contributed by atoms with E-state index >= 15 is 0 Å². The van der Waals surface area contributed by atoms with Crippen molar-refractivity contribution in [2.24, 2.45) is 11.7 Å². The molecule has 1 rings (SSSR count). The van der Waals surface area contributed by atoms with Gasteiger partial charge in [-0.25, -0.2) is 0 Å². The Morgan fingerprint density at radius 1 is 1.26 bits per heavy atom.